The first-order valence-corrected chi connectivity index (χ1v) is 5.28. The maximum atomic E-state index is 12.2. The van der Waals surface area contributed by atoms with Crippen LogP contribution in [0, 0.1) is 5.92 Å². The molecule has 2 rings (SSSR count). The van der Waals surface area contributed by atoms with Crippen molar-refractivity contribution in [1.29, 1.82) is 0 Å². The lowest BCUT2D eigenvalue weighted by Gasteiger charge is -2.14. The number of benzene rings is 1. The summed E-state index contributed by atoms with van der Waals surface area (Å²) in [6.07, 6.45) is -0.591. The molecule has 88 valence electrons. The lowest BCUT2D eigenvalue weighted by molar-refractivity contribution is -0.0505. The molecule has 0 aliphatic heterocycles. The van der Waals surface area contributed by atoms with Crippen LogP contribution in [-0.4, -0.2) is 11.7 Å². The molecule has 0 saturated heterocycles. The summed E-state index contributed by atoms with van der Waals surface area (Å²) >= 11 is 0. The molecule has 3 unspecified atom stereocenters. The number of aliphatic hydroxyl groups is 1. The molecule has 4 heteroatoms. The molecule has 0 radical (unpaired) electrons. The molecular formula is C12H14F2O2. The molecule has 3 atom stereocenters. The maximum absolute atomic E-state index is 12.2. The van der Waals surface area contributed by atoms with Crippen molar-refractivity contribution in [3.05, 3.63) is 29.3 Å². The van der Waals surface area contributed by atoms with E-state index in [0.29, 0.717) is 11.1 Å². The van der Waals surface area contributed by atoms with E-state index in [-0.39, 0.29) is 17.6 Å². The molecule has 1 aliphatic carbocycles. The molecule has 0 amide bonds. The van der Waals surface area contributed by atoms with Gasteiger partial charge in [0.2, 0.25) is 0 Å². The Bertz CT molecular complexity index is 393. The number of halogens is 2. The van der Waals surface area contributed by atoms with Crippen LogP contribution in [0.4, 0.5) is 8.78 Å². The van der Waals surface area contributed by atoms with E-state index in [0.717, 1.165) is 0 Å². The summed E-state index contributed by atoms with van der Waals surface area (Å²) in [5, 5.41) is 9.94. The number of aliphatic hydroxyl groups excluding tert-OH is 1. The van der Waals surface area contributed by atoms with Gasteiger partial charge in [-0.1, -0.05) is 26.0 Å². The smallest absolute Gasteiger partial charge is 0.387 e. The molecule has 1 aliphatic rings. The summed E-state index contributed by atoms with van der Waals surface area (Å²) in [5.74, 6) is 0.237. The average Bonchev–Trinajstić information content (AvgIpc) is 2.44. The summed E-state index contributed by atoms with van der Waals surface area (Å²) in [6, 6.07) is 4.91. The van der Waals surface area contributed by atoms with Crippen LogP contribution >= 0.6 is 0 Å². The zero-order chi connectivity index (χ0) is 11.9. The monoisotopic (exact) mass is 228 g/mol. The van der Waals surface area contributed by atoms with Crippen molar-refractivity contribution in [2.75, 3.05) is 0 Å². The summed E-state index contributed by atoms with van der Waals surface area (Å²) in [7, 11) is 0. The lowest BCUT2D eigenvalue weighted by atomic mass is 9.95. The molecule has 0 spiro atoms. The van der Waals surface area contributed by atoms with Gasteiger partial charge in [0.05, 0.1) is 6.10 Å². The normalized spacial score (nSPS) is 28.2. The number of fused-ring (bicyclic) bond motifs is 1. The second-order valence-corrected chi connectivity index (χ2v) is 4.23. The highest BCUT2D eigenvalue weighted by molar-refractivity contribution is 5.47. The highest BCUT2D eigenvalue weighted by Crippen LogP contribution is 2.48. The van der Waals surface area contributed by atoms with E-state index in [1.807, 2.05) is 13.8 Å². The number of alkyl halides is 2. The third-order valence-corrected chi connectivity index (χ3v) is 3.38. The van der Waals surface area contributed by atoms with Crippen LogP contribution in [0.15, 0.2) is 18.2 Å². The Balaban J connectivity index is 2.45. The van der Waals surface area contributed by atoms with Crippen molar-refractivity contribution in [1.82, 2.24) is 0 Å². The summed E-state index contributed by atoms with van der Waals surface area (Å²) in [6.45, 7) is 0.992. The predicted octanol–water partition coefficient (Wildman–Crippen LogP) is 3.07. The molecule has 0 fully saturated rings. The first-order chi connectivity index (χ1) is 7.52. The van der Waals surface area contributed by atoms with E-state index in [1.54, 1.807) is 12.1 Å². The van der Waals surface area contributed by atoms with Crippen LogP contribution in [0.1, 0.15) is 37.0 Å². The average molecular weight is 228 g/mol. The van der Waals surface area contributed by atoms with Gasteiger partial charge in [0.15, 0.2) is 0 Å². The van der Waals surface area contributed by atoms with Gasteiger partial charge in [-0.15, -0.1) is 0 Å². The van der Waals surface area contributed by atoms with Crippen molar-refractivity contribution in [3.63, 3.8) is 0 Å². The maximum Gasteiger partial charge on any atom is 0.387 e. The Hall–Kier alpha value is -1.16. The second-order valence-electron chi connectivity index (χ2n) is 4.23. The minimum atomic E-state index is -2.83. The second kappa shape index (κ2) is 4.01. The largest absolute Gasteiger partial charge is 0.435 e. The van der Waals surface area contributed by atoms with Crippen molar-refractivity contribution in [2.24, 2.45) is 5.92 Å². The van der Waals surface area contributed by atoms with Crippen LogP contribution in [0.25, 0.3) is 0 Å². The minimum absolute atomic E-state index is 0.0254. The fourth-order valence-electron chi connectivity index (χ4n) is 2.32. The number of hydrogen-bond donors (Lipinski definition) is 1. The first kappa shape index (κ1) is 11.3. The molecule has 2 nitrogen and oxygen atoms in total. The lowest BCUT2D eigenvalue weighted by Crippen LogP contribution is -2.06. The zero-order valence-corrected chi connectivity index (χ0v) is 9.15. The first-order valence-electron chi connectivity index (χ1n) is 5.28. The van der Waals surface area contributed by atoms with Crippen molar-refractivity contribution in [3.8, 4) is 5.75 Å². The molecule has 0 bridgehead atoms. The van der Waals surface area contributed by atoms with E-state index in [1.165, 1.54) is 6.07 Å². The number of rotatable bonds is 2. The van der Waals surface area contributed by atoms with Gasteiger partial charge in [-0.05, 0) is 23.5 Å². The fraction of sp³-hybridized carbons (Fsp3) is 0.500. The molecular weight excluding hydrogens is 214 g/mol. The van der Waals surface area contributed by atoms with Crippen LogP contribution in [0.3, 0.4) is 0 Å². The van der Waals surface area contributed by atoms with Crippen LogP contribution in [0.2, 0.25) is 0 Å². The summed E-state index contributed by atoms with van der Waals surface area (Å²) < 4.78 is 28.9. The van der Waals surface area contributed by atoms with Gasteiger partial charge < -0.3 is 9.84 Å². The van der Waals surface area contributed by atoms with Crippen molar-refractivity contribution < 1.29 is 18.6 Å². The van der Waals surface area contributed by atoms with Crippen LogP contribution < -0.4 is 4.74 Å². The molecule has 0 saturated carbocycles. The minimum Gasteiger partial charge on any atom is -0.435 e. The van der Waals surface area contributed by atoms with Crippen molar-refractivity contribution in [2.45, 2.75) is 32.5 Å². The van der Waals surface area contributed by atoms with E-state index < -0.39 is 12.7 Å². The Morgan fingerprint density at radius 3 is 2.62 bits per heavy atom. The molecule has 16 heavy (non-hydrogen) atoms. The fourth-order valence-corrected chi connectivity index (χ4v) is 2.32. The zero-order valence-electron chi connectivity index (χ0n) is 9.15. The van der Waals surface area contributed by atoms with Gasteiger partial charge in [0.25, 0.3) is 0 Å². The Morgan fingerprint density at radius 2 is 2.00 bits per heavy atom. The third kappa shape index (κ3) is 1.67. The molecule has 0 aromatic heterocycles. The Labute approximate surface area is 92.9 Å². The van der Waals surface area contributed by atoms with Gasteiger partial charge in [0.1, 0.15) is 5.75 Å². The quantitative estimate of drug-likeness (QED) is 0.842. The molecule has 1 aromatic rings. The Morgan fingerprint density at radius 1 is 1.31 bits per heavy atom. The number of hydrogen-bond acceptors (Lipinski definition) is 2. The third-order valence-electron chi connectivity index (χ3n) is 3.38. The van der Waals surface area contributed by atoms with Gasteiger partial charge in [0, 0.05) is 5.56 Å². The van der Waals surface area contributed by atoms with Gasteiger partial charge in [-0.2, -0.15) is 8.78 Å². The van der Waals surface area contributed by atoms with Crippen LogP contribution in [0.5, 0.6) is 5.75 Å². The molecule has 1 aromatic carbocycles. The van der Waals surface area contributed by atoms with Crippen molar-refractivity contribution >= 4 is 0 Å². The van der Waals surface area contributed by atoms with Gasteiger partial charge >= 0.3 is 6.61 Å². The van der Waals surface area contributed by atoms with E-state index in [2.05, 4.69) is 4.74 Å². The summed E-state index contributed by atoms with van der Waals surface area (Å²) in [4.78, 5) is 0. The SMILES string of the molecule is CC1c2c(OC(F)F)cccc2C(O)C1C. The van der Waals surface area contributed by atoms with E-state index in [9.17, 15) is 13.9 Å². The predicted molar refractivity (Wildman–Crippen MR) is 55.6 cm³/mol. The molecule has 0 heterocycles. The van der Waals surface area contributed by atoms with Gasteiger partial charge in [-0.3, -0.25) is 0 Å². The number of ether oxygens (including phenoxy) is 1. The highest BCUT2D eigenvalue weighted by atomic mass is 19.3. The highest BCUT2D eigenvalue weighted by Gasteiger charge is 2.36. The standard InChI is InChI=1S/C12H14F2O2/c1-6-7(2)11(15)8-4-3-5-9(10(6)8)16-12(13)14/h3-7,11-12,15H,1-2H3. The van der Waals surface area contributed by atoms with Crippen LogP contribution in [-0.2, 0) is 0 Å². The topological polar surface area (TPSA) is 29.5 Å². The van der Waals surface area contributed by atoms with Gasteiger partial charge in [-0.25, -0.2) is 0 Å². The summed E-state index contributed by atoms with van der Waals surface area (Å²) in [5.41, 5.74) is 1.42. The van der Waals surface area contributed by atoms with E-state index in [4.69, 9.17) is 0 Å². The molecule has 1 N–H and O–H groups in total. The Kier molecular flexibility index (Phi) is 2.84. The van der Waals surface area contributed by atoms with E-state index >= 15 is 0 Å².